The van der Waals surface area contributed by atoms with Crippen molar-refractivity contribution in [3.05, 3.63) is 23.8 Å². The summed E-state index contributed by atoms with van der Waals surface area (Å²) in [5, 5.41) is 3.34. The van der Waals surface area contributed by atoms with Gasteiger partial charge in [-0.15, -0.1) is 0 Å². The molecule has 0 atom stereocenters. The van der Waals surface area contributed by atoms with Gasteiger partial charge in [-0.25, -0.2) is 4.79 Å². The Morgan fingerprint density at radius 1 is 1.41 bits per heavy atom. The average molecular weight is 305 g/mol. The van der Waals surface area contributed by atoms with Crippen LogP contribution in [0.4, 0.5) is 16.2 Å². The van der Waals surface area contributed by atoms with E-state index in [1.54, 1.807) is 4.90 Å². The molecule has 0 aromatic heterocycles. The molecule has 122 valence electrons. The van der Waals surface area contributed by atoms with Crippen LogP contribution < -0.4 is 16.0 Å². The molecule has 22 heavy (non-hydrogen) atoms. The van der Waals surface area contributed by atoms with Crippen molar-refractivity contribution in [2.24, 2.45) is 5.73 Å². The van der Waals surface area contributed by atoms with E-state index in [0.29, 0.717) is 13.1 Å². The SMILES string of the molecule is CC(C)(C)OC(=O)N1CCCc2ccc(NCCCN)cc21. The number of hydrogen-bond acceptors (Lipinski definition) is 4. The van der Waals surface area contributed by atoms with Crippen LogP contribution in [0.15, 0.2) is 18.2 Å². The van der Waals surface area contributed by atoms with Gasteiger partial charge in [0.05, 0.1) is 5.69 Å². The van der Waals surface area contributed by atoms with Gasteiger partial charge in [0.15, 0.2) is 0 Å². The predicted octanol–water partition coefficient (Wildman–Crippen LogP) is 3.14. The third-order valence-corrected chi connectivity index (χ3v) is 3.53. The van der Waals surface area contributed by atoms with Gasteiger partial charge in [-0.2, -0.15) is 0 Å². The summed E-state index contributed by atoms with van der Waals surface area (Å²) in [6.45, 7) is 7.87. The first-order valence-electron chi connectivity index (χ1n) is 7.98. The molecule has 2 rings (SSSR count). The van der Waals surface area contributed by atoms with Crippen LogP contribution >= 0.6 is 0 Å². The van der Waals surface area contributed by atoms with E-state index >= 15 is 0 Å². The lowest BCUT2D eigenvalue weighted by molar-refractivity contribution is 0.0578. The van der Waals surface area contributed by atoms with Crippen LogP contribution in [-0.4, -0.2) is 31.3 Å². The molecule has 0 unspecified atom stereocenters. The van der Waals surface area contributed by atoms with Crippen molar-refractivity contribution in [2.75, 3.05) is 29.9 Å². The number of carbonyl (C=O) groups excluding carboxylic acids is 1. The van der Waals surface area contributed by atoms with Crippen molar-refractivity contribution in [1.82, 2.24) is 0 Å². The molecule has 5 nitrogen and oxygen atoms in total. The fourth-order valence-electron chi connectivity index (χ4n) is 2.53. The van der Waals surface area contributed by atoms with Crippen molar-refractivity contribution in [2.45, 2.75) is 45.6 Å². The van der Waals surface area contributed by atoms with E-state index in [-0.39, 0.29) is 6.09 Å². The van der Waals surface area contributed by atoms with Gasteiger partial charge in [0.25, 0.3) is 0 Å². The minimum absolute atomic E-state index is 0.271. The number of nitrogens with zero attached hydrogens (tertiary/aromatic N) is 1. The molecule has 1 amide bonds. The van der Waals surface area contributed by atoms with Gasteiger partial charge < -0.3 is 15.8 Å². The minimum Gasteiger partial charge on any atom is -0.443 e. The van der Waals surface area contributed by atoms with Crippen LogP contribution in [0, 0.1) is 0 Å². The monoisotopic (exact) mass is 305 g/mol. The standard InChI is InChI=1S/C17H27N3O2/c1-17(2,3)22-16(21)20-11-4-6-13-7-8-14(12-15(13)20)19-10-5-9-18/h7-8,12,19H,4-6,9-11,18H2,1-3H3. The summed E-state index contributed by atoms with van der Waals surface area (Å²) in [6.07, 6.45) is 2.61. The van der Waals surface area contributed by atoms with Gasteiger partial charge in [-0.05, 0) is 64.3 Å². The van der Waals surface area contributed by atoms with E-state index in [9.17, 15) is 4.79 Å². The smallest absolute Gasteiger partial charge is 0.414 e. The number of nitrogens with one attached hydrogen (secondary N) is 1. The highest BCUT2D eigenvalue weighted by Gasteiger charge is 2.27. The third kappa shape index (κ3) is 4.37. The van der Waals surface area contributed by atoms with E-state index in [0.717, 1.165) is 37.2 Å². The maximum atomic E-state index is 12.4. The number of ether oxygens (including phenoxy) is 1. The summed E-state index contributed by atoms with van der Waals surface area (Å²) in [4.78, 5) is 14.2. The van der Waals surface area contributed by atoms with Crippen LogP contribution in [0.3, 0.4) is 0 Å². The number of benzene rings is 1. The fourth-order valence-corrected chi connectivity index (χ4v) is 2.53. The first kappa shape index (κ1) is 16.6. The van der Waals surface area contributed by atoms with Crippen molar-refractivity contribution in [1.29, 1.82) is 0 Å². The molecule has 1 aliphatic rings. The molecule has 1 aromatic rings. The summed E-state index contributed by atoms with van der Waals surface area (Å²) in [5.74, 6) is 0. The van der Waals surface area contributed by atoms with E-state index in [1.165, 1.54) is 5.56 Å². The Labute approximate surface area is 132 Å². The number of nitrogens with two attached hydrogens (primary N) is 1. The molecule has 1 aliphatic heterocycles. The normalized spacial score (nSPS) is 14.5. The summed E-state index contributed by atoms with van der Waals surface area (Å²) < 4.78 is 5.52. The Morgan fingerprint density at radius 3 is 2.86 bits per heavy atom. The Hall–Kier alpha value is -1.75. The van der Waals surface area contributed by atoms with E-state index in [4.69, 9.17) is 10.5 Å². The summed E-state index contributed by atoms with van der Waals surface area (Å²) >= 11 is 0. The summed E-state index contributed by atoms with van der Waals surface area (Å²) in [6, 6.07) is 6.19. The van der Waals surface area contributed by atoms with Crippen molar-refractivity contribution >= 4 is 17.5 Å². The van der Waals surface area contributed by atoms with Gasteiger partial charge in [0, 0.05) is 18.8 Å². The molecule has 0 spiro atoms. The van der Waals surface area contributed by atoms with E-state index in [2.05, 4.69) is 17.4 Å². The van der Waals surface area contributed by atoms with E-state index < -0.39 is 5.60 Å². The van der Waals surface area contributed by atoms with Crippen LogP contribution in [0.1, 0.15) is 39.2 Å². The zero-order valence-corrected chi connectivity index (χ0v) is 13.8. The number of anilines is 2. The van der Waals surface area contributed by atoms with Gasteiger partial charge in [-0.3, -0.25) is 4.90 Å². The number of carbonyl (C=O) groups is 1. The summed E-state index contributed by atoms with van der Waals surface area (Å²) in [7, 11) is 0. The summed E-state index contributed by atoms with van der Waals surface area (Å²) in [5.41, 5.74) is 8.20. The molecule has 0 fully saturated rings. The number of hydrogen-bond donors (Lipinski definition) is 2. The lowest BCUT2D eigenvalue weighted by atomic mass is 10.0. The quantitative estimate of drug-likeness (QED) is 0.839. The third-order valence-electron chi connectivity index (χ3n) is 3.53. The van der Waals surface area contributed by atoms with Crippen LogP contribution in [0.5, 0.6) is 0 Å². The first-order valence-corrected chi connectivity index (χ1v) is 7.98. The zero-order valence-electron chi connectivity index (χ0n) is 13.8. The molecule has 3 N–H and O–H groups in total. The molecule has 5 heteroatoms. The second-order valence-corrected chi connectivity index (χ2v) is 6.65. The average Bonchev–Trinajstić information content (AvgIpc) is 2.45. The highest BCUT2D eigenvalue weighted by molar-refractivity contribution is 5.90. The van der Waals surface area contributed by atoms with Gasteiger partial charge in [0.1, 0.15) is 5.60 Å². The molecule has 1 heterocycles. The van der Waals surface area contributed by atoms with Crippen LogP contribution in [0.2, 0.25) is 0 Å². The van der Waals surface area contributed by atoms with Gasteiger partial charge in [0.2, 0.25) is 0 Å². The maximum Gasteiger partial charge on any atom is 0.414 e. The van der Waals surface area contributed by atoms with Gasteiger partial charge in [-0.1, -0.05) is 6.07 Å². The number of aryl methyl sites for hydroxylation is 1. The molecule has 0 saturated carbocycles. The Bertz CT molecular complexity index is 523. The second-order valence-electron chi connectivity index (χ2n) is 6.65. The topological polar surface area (TPSA) is 67.6 Å². The predicted molar refractivity (Wildman–Crippen MR) is 90.5 cm³/mol. The minimum atomic E-state index is -0.480. The molecular formula is C17H27N3O2. The maximum absolute atomic E-state index is 12.4. The number of rotatable bonds is 4. The Morgan fingerprint density at radius 2 is 2.18 bits per heavy atom. The highest BCUT2D eigenvalue weighted by atomic mass is 16.6. The molecule has 1 aromatic carbocycles. The van der Waals surface area contributed by atoms with Gasteiger partial charge >= 0.3 is 6.09 Å². The molecular weight excluding hydrogens is 278 g/mol. The van der Waals surface area contributed by atoms with Crippen LogP contribution in [-0.2, 0) is 11.2 Å². The number of fused-ring (bicyclic) bond motifs is 1. The van der Waals surface area contributed by atoms with Crippen LogP contribution in [0.25, 0.3) is 0 Å². The Balaban J connectivity index is 2.16. The van der Waals surface area contributed by atoms with Crippen molar-refractivity contribution in [3.63, 3.8) is 0 Å². The highest BCUT2D eigenvalue weighted by Crippen LogP contribution is 2.31. The molecule has 0 saturated heterocycles. The van der Waals surface area contributed by atoms with Crippen molar-refractivity contribution in [3.8, 4) is 0 Å². The molecule has 0 radical (unpaired) electrons. The van der Waals surface area contributed by atoms with E-state index in [1.807, 2.05) is 26.8 Å². The largest absolute Gasteiger partial charge is 0.443 e. The Kier molecular flexibility index (Phi) is 5.29. The molecule has 0 bridgehead atoms. The first-order chi connectivity index (χ1) is 10.4. The number of amides is 1. The lowest BCUT2D eigenvalue weighted by Gasteiger charge is -2.32. The second kappa shape index (κ2) is 7.01. The lowest BCUT2D eigenvalue weighted by Crippen LogP contribution is -2.39. The zero-order chi connectivity index (χ0) is 16.2. The van der Waals surface area contributed by atoms with Crippen molar-refractivity contribution < 1.29 is 9.53 Å². The fraction of sp³-hybridized carbons (Fsp3) is 0.588. The molecule has 0 aliphatic carbocycles.